The van der Waals surface area contributed by atoms with Crippen molar-refractivity contribution in [2.24, 2.45) is 0 Å². The van der Waals surface area contributed by atoms with Gasteiger partial charge in [-0.15, -0.1) is 0 Å². The summed E-state index contributed by atoms with van der Waals surface area (Å²) in [4.78, 5) is 26.3. The molecule has 0 aliphatic carbocycles. The van der Waals surface area contributed by atoms with Crippen LogP contribution in [0.15, 0.2) is 24.3 Å². The number of benzene rings is 1. The van der Waals surface area contributed by atoms with Crippen LogP contribution in [0.1, 0.15) is 10.4 Å². The number of nitro groups is 1. The molecule has 7 nitrogen and oxygen atoms in total. The van der Waals surface area contributed by atoms with Gasteiger partial charge in [-0.05, 0) is 12.1 Å². The number of nitrogens with zero attached hydrogens (tertiary/aromatic N) is 3. The third kappa shape index (κ3) is 4.24. The second-order valence-corrected chi connectivity index (χ2v) is 5.12. The molecule has 1 aromatic carbocycles. The Morgan fingerprint density at radius 3 is 2.52 bits per heavy atom. The number of carbonyl (C=O) groups is 1. The molecule has 1 fully saturated rings. The topological polar surface area (TPSA) is 78.7 Å². The molecule has 0 aromatic heterocycles. The summed E-state index contributed by atoms with van der Waals surface area (Å²) in [5.41, 5.74) is 0.471. The van der Waals surface area contributed by atoms with Gasteiger partial charge in [0, 0.05) is 64.0 Å². The van der Waals surface area contributed by atoms with Crippen LogP contribution in [0.5, 0.6) is 0 Å². The van der Waals surface area contributed by atoms with Crippen LogP contribution >= 0.6 is 0 Å². The molecule has 1 aromatic rings. The first kappa shape index (κ1) is 15.4. The minimum absolute atomic E-state index is 0.00461. The van der Waals surface area contributed by atoms with E-state index >= 15 is 0 Å². The van der Waals surface area contributed by atoms with E-state index in [1.54, 1.807) is 11.9 Å². The van der Waals surface area contributed by atoms with E-state index in [2.05, 4.69) is 10.2 Å². The van der Waals surface area contributed by atoms with Crippen molar-refractivity contribution >= 4 is 11.6 Å². The Kier molecular flexibility index (Phi) is 5.24. The average Bonchev–Trinajstić information content (AvgIpc) is 2.53. The maximum atomic E-state index is 12.2. The average molecular weight is 292 g/mol. The standard InChI is InChI=1S/C14H20N4O3/c1-16(10-11-17-8-6-15-7-9-17)14(19)12-2-4-13(5-3-12)18(20)21/h2-5,15H,6-11H2,1H3. The van der Waals surface area contributed by atoms with Crippen LogP contribution in [0.3, 0.4) is 0 Å². The highest BCUT2D eigenvalue weighted by molar-refractivity contribution is 5.94. The van der Waals surface area contributed by atoms with Gasteiger partial charge in [-0.3, -0.25) is 19.8 Å². The summed E-state index contributed by atoms with van der Waals surface area (Å²) in [6.07, 6.45) is 0. The third-order valence-corrected chi connectivity index (χ3v) is 3.63. The van der Waals surface area contributed by atoms with Crippen molar-refractivity contribution in [3.8, 4) is 0 Å². The maximum Gasteiger partial charge on any atom is 0.269 e. The predicted octanol–water partition coefficient (Wildman–Crippen LogP) is 0.572. The van der Waals surface area contributed by atoms with Gasteiger partial charge < -0.3 is 10.2 Å². The first-order chi connectivity index (χ1) is 10.1. The van der Waals surface area contributed by atoms with Gasteiger partial charge in [0.05, 0.1) is 4.92 Å². The maximum absolute atomic E-state index is 12.2. The molecule has 21 heavy (non-hydrogen) atoms. The Balaban J connectivity index is 1.87. The molecular weight excluding hydrogens is 272 g/mol. The van der Waals surface area contributed by atoms with Crippen molar-refractivity contribution in [2.45, 2.75) is 0 Å². The number of hydrogen-bond donors (Lipinski definition) is 1. The summed E-state index contributed by atoms with van der Waals surface area (Å²) in [6.45, 7) is 5.46. The molecule has 0 spiro atoms. The predicted molar refractivity (Wildman–Crippen MR) is 79.4 cm³/mol. The minimum atomic E-state index is -0.470. The summed E-state index contributed by atoms with van der Waals surface area (Å²) >= 11 is 0. The Morgan fingerprint density at radius 1 is 1.33 bits per heavy atom. The van der Waals surface area contributed by atoms with E-state index in [-0.39, 0.29) is 11.6 Å². The van der Waals surface area contributed by atoms with Crippen molar-refractivity contribution in [3.05, 3.63) is 39.9 Å². The number of nitrogens with one attached hydrogen (secondary N) is 1. The number of nitro benzene ring substituents is 1. The van der Waals surface area contributed by atoms with Gasteiger partial charge in [-0.25, -0.2) is 0 Å². The van der Waals surface area contributed by atoms with Crippen LogP contribution in [0.25, 0.3) is 0 Å². The number of carbonyl (C=O) groups excluding carboxylic acids is 1. The molecule has 1 aliphatic heterocycles. The number of piperazine rings is 1. The summed E-state index contributed by atoms with van der Waals surface area (Å²) in [5, 5.41) is 13.9. The van der Waals surface area contributed by atoms with Gasteiger partial charge in [0.1, 0.15) is 0 Å². The lowest BCUT2D eigenvalue weighted by molar-refractivity contribution is -0.384. The van der Waals surface area contributed by atoms with Crippen LogP contribution in [-0.4, -0.2) is 66.9 Å². The Hall–Kier alpha value is -1.99. The third-order valence-electron chi connectivity index (χ3n) is 3.63. The monoisotopic (exact) mass is 292 g/mol. The summed E-state index contributed by atoms with van der Waals surface area (Å²) in [5.74, 6) is -0.111. The van der Waals surface area contributed by atoms with Crippen LogP contribution < -0.4 is 5.32 Å². The van der Waals surface area contributed by atoms with E-state index in [4.69, 9.17) is 0 Å². The van der Waals surface area contributed by atoms with Crippen LogP contribution in [0, 0.1) is 10.1 Å². The fourth-order valence-electron chi connectivity index (χ4n) is 2.27. The van der Waals surface area contributed by atoms with E-state index in [1.807, 2.05) is 0 Å². The molecule has 0 saturated carbocycles. The molecule has 2 rings (SSSR count). The highest BCUT2D eigenvalue weighted by Gasteiger charge is 2.15. The second kappa shape index (κ2) is 7.14. The number of amides is 1. The number of likely N-dealkylation sites (N-methyl/N-ethyl adjacent to an activating group) is 1. The number of non-ortho nitro benzene ring substituents is 1. The Labute approximate surface area is 123 Å². The van der Waals surface area contributed by atoms with E-state index < -0.39 is 4.92 Å². The molecule has 1 heterocycles. The van der Waals surface area contributed by atoms with Crippen molar-refractivity contribution in [2.75, 3.05) is 46.3 Å². The second-order valence-electron chi connectivity index (χ2n) is 5.12. The Bertz CT molecular complexity index is 497. The zero-order chi connectivity index (χ0) is 15.2. The van der Waals surface area contributed by atoms with Crippen molar-refractivity contribution in [1.29, 1.82) is 0 Å². The van der Waals surface area contributed by atoms with Gasteiger partial charge in [-0.1, -0.05) is 0 Å². The summed E-state index contributed by atoms with van der Waals surface area (Å²) in [6, 6.07) is 5.72. The van der Waals surface area contributed by atoms with E-state index in [9.17, 15) is 14.9 Å². The number of hydrogen-bond acceptors (Lipinski definition) is 5. The smallest absolute Gasteiger partial charge is 0.269 e. The largest absolute Gasteiger partial charge is 0.340 e. The fourth-order valence-corrected chi connectivity index (χ4v) is 2.27. The van der Waals surface area contributed by atoms with Crippen LogP contribution in [0.2, 0.25) is 0 Å². The molecule has 0 atom stereocenters. The number of rotatable bonds is 5. The van der Waals surface area contributed by atoms with Gasteiger partial charge in [0.15, 0.2) is 0 Å². The molecule has 1 N–H and O–H groups in total. The fraction of sp³-hybridized carbons (Fsp3) is 0.500. The van der Waals surface area contributed by atoms with Crippen LogP contribution in [-0.2, 0) is 0 Å². The highest BCUT2D eigenvalue weighted by atomic mass is 16.6. The van der Waals surface area contributed by atoms with E-state index in [1.165, 1.54) is 24.3 Å². The molecule has 0 radical (unpaired) electrons. The van der Waals surface area contributed by atoms with Crippen molar-refractivity contribution < 1.29 is 9.72 Å². The van der Waals surface area contributed by atoms with Crippen molar-refractivity contribution in [3.63, 3.8) is 0 Å². The summed E-state index contributed by atoms with van der Waals surface area (Å²) < 4.78 is 0. The lowest BCUT2D eigenvalue weighted by atomic mass is 10.2. The molecule has 114 valence electrons. The zero-order valence-corrected chi connectivity index (χ0v) is 12.1. The van der Waals surface area contributed by atoms with Gasteiger partial charge in [0.25, 0.3) is 11.6 Å². The molecule has 1 aliphatic rings. The molecule has 7 heteroatoms. The first-order valence-electron chi connectivity index (χ1n) is 7.01. The lowest BCUT2D eigenvalue weighted by Crippen LogP contribution is -2.46. The van der Waals surface area contributed by atoms with Crippen molar-refractivity contribution in [1.82, 2.24) is 15.1 Å². The molecule has 0 unspecified atom stereocenters. The zero-order valence-electron chi connectivity index (χ0n) is 12.1. The SMILES string of the molecule is CN(CCN1CCNCC1)C(=O)c1ccc([N+](=O)[O-])cc1. The van der Waals surface area contributed by atoms with Gasteiger partial charge in [0.2, 0.25) is 0 Å². The van der Waals surface area contributed by atoms with E-state index in [0.29, 0.717) is 12.1 Å². The van der Waals surface area contributed by atoms with Gasteiger partial charge in [-0.2, -0.15) is 0 Å². The van der Waals surface area contributed by atoms with Gasteiger partial charge >= 0.3 is 0 Å². The Morgan fingerprint density at radius 2 is 1.95 bits per heavy atom. The molecule has 1 amide bonds. The summed E-state index contributed by atoms with van der Waals surface area (Å²) in [7, 11) is 1.76. The first-order valence-corrected chi connectivity index (χ1v) is 7.01. The van der Waals surface area contributed by atoms with E-state index in [0.717, 1.165) is 32.7 Å². The molecule has 1 saturated heterocycles. The lowest BCUT2D eigenvalue weighted by Gasteiger charge is -2.29. The quantitative estimate of drug-likeness (QED) is 0.634. The molecular formula is C14H20N4O3. The minimum Gasteiger partial charge on any atom is -0.340 e. The normalized spacial score (nSPS) is 15.7. The molecule has 0 bridgehead atoms. The van der Waals surface area contributed by atoms with Crippen LogP contribution in [0.4, 0.5) is 5.69 Å². The highest BCUT2D eigenvalue weighted by Crippen LogP contribution is 2.13.